The molecule has 2 atom stereocenters. The van der Waals surface area contributed by atoms with Gasteiger partial charge in [-0.05, 0) is 60.6 Å². The molecule has 31 heavy (non-hydrogen) atoms. The van der Waals surface area contributed by atoms with Crippen LogP contribution in [-0.4, -0.2) is 25.0 Å². The first-order chi connectivity index (χ1) is 14.9. The predicted octanol–water partition coefficient (Wildman–Crippen LogP) is 5.29. The summed E-state index contributed by atoms with van der Waals surface area (Å²) >= 11 is 0. The van der Waals surface area contributed by atoms with Gasteiger partial charge in [0.15, 0.2) is 5.70 Å². The van der Waals surface area contributed by atoms with Crippen molar-refractivity contribution in [1.29, 1.82) is 0 Å². The molecule has 0 amide bonds. The van der Waals surface area contributed by atoms with E-state index < -0.39 is 17.7 Å². The number of ether oxygens (including phenoxy) is 1. The van der Waals surface area contributed by atoms with E-state index in [4.69, 9.17) is 4.74 Å². The first kappa shape index (κ1) is 19.8. The smallest absolute Gasteiger partial charge is 0.402 e. The second kappa shape index (κ2) is 7.55. The van der Waals surface area contributed by atoms with Crippen LogP contribution in [0.3, 0.4) is 0 Å². The quantitative estimate of drug-likeness (QED) is 0.495. The number of carbonyl (C=O) groups is 1. The molecule has 2 fully saturated rings. The summed E-state index contributed by atoms with van der Waals surface area (Å²) in [6.07, 6.45) is 0.211. The summed E-state index contributed by atoms with van der Waals surface area (Å²) in [6, 6.07) is 13.1. The molecule has 0 spiro atoms. The summed E-state index contributed by atoms with van der Waals surface area (Å²) in [5, 5.41) is 0. The van der Waals surface area contributed by atoms with Gasteiger partial charge in [0.05, 0.1) is 5.56 Å². The molecular weight excluding hydrogens is 405 g/mol. The number of hydrogen-bond acceptors (Lipinski definition) is 4. The Morgan fingerprint density at radius 1 is 1.03 bits per heavy atom. The minimum absolute atomic E-state index is 0.0181. The SMILES string of the molecule is O=C1OC(c2ccccc2)=NC1=Cc1ccc(N2CC3CCCC3C2)c(C(F)(F)F)c1. The van der Waals surface area contributed by atoms with Crippen LogP contribution in [0.5, 0.6) is 0 Å². The lowest BCUT2D eigenvalue weighted by atomic mass is 10.0. The maximum Gasteiger partial charge on any atom is 0.418 e. The Hall–Kier alpha value is -3.09. The van der Waals surface area contributed by atoms with Crippen LogP contribution in [0.2, 0.25) is 0 Å². The Morgan fingerprint density at radius 2 is 1.74 bits per heavy atom. The maximum atomic E-state index is 13.9. The van der Waals surface area contributed by atoms with Crippen molar-refractivity contribution < 1.29 is 22.7 Å². The van der Waals surface area contributed by atoms with Gasteiger partial charge in [-0.3, -0.25) is 0 Å². The maximum absolute atomic E-state index is 13.9. The number of benzene rings is 2. The highest BCUT2D eigenvalue weighted by Crippen LogP contribution is 2.44. The molecule has 4 nitrogen and oxygen atoms in total. The van der Waals surface area contributed by atoms with Crippen LogP contribution >= 0.6 is 0 Å². The highest BCUT2D eigenvalue weighted by Gasteiger charge is 2.40. The number of hydrogen-bond donors (Lipinski definition) is 0. The highest BCUT2D eigenvalue weighted by atomic mass is 19.4. The third-order valence-corrected chi connectivity index (χ3v) is 6.34. The normalized spacial score (nSPS) is 24.5. The molecule has 160 valence electrons. The van der Waals surface area contributed by atoms with E-state index in [1.807, 2.05) is 11.0 Å². The lowest BCUT2D eigenvalue weighted by Gasteiger charge is -2.24. The Morgan fingerprint density at radius 3 is 2.42 bits per heavy atom. The molecule has 0 N–H and O–H groups in total. The van der Waals surface area contributed by atoms with E-state index >= 15 is 0 Å². The molecule has 3 aliphatic rings. The molecule has 1 aliphatic carbocycles. The first-order valence-corrected chi connectivity index (χ1v) is 10.4. The van der Waals surface area contributed by atoms with Crippen molar-refractivity contribution in [3.8, 4) is 0 Å². The zero-order valence-electron chi connectivity index (χ0n) is 16.7. The molecular formula is C24H21F3N2O2. The number of alkyl halides is 3. The Balaban J connectivity index is 1.46. The average molecular weight is 426 g/mol. The van der Waals surface area contributed by atoms with Crippen LogP contribution in [0.25, 0.3) is 6.08 Å². The Kier molecular flexibility index (Phi) is 4.84. The fraction of sp³-hybridized carbons (Fsp3) is 0.333. The van der Waals surface area contributed by atoms with Crippen molar-refractivity contribution in [1.82, 2.24) is 0 Å². The average Bonchev–Trinajstić information content (AvgIpc) is 3.43. The molecule has 0 radical (unpaired) electrons. The number of anilines is 1. The molecule has 7 heteroatoms. The zero-order chi connectivity index (χ0) is 21.6. The molecule has 0 aromatic heterocycles. The zero-order valence-corrected chi connectivity index (χ0v) is 16.7. The Labute approximate surface area is 178 Å². The summed E-state index contributed by atoms with van der Waals surface area (Å²) < 4.78 is 46.8. The number of nitrogens with zero attached hydrogens (tertiary/aromatic N) is 2. The molecule has 2 aromatic carbocycles. The summed E-state index contributed by atoms with van der Waals surface area (Å²) in [6.45, 7) is 1.34. The second-order valence-electron chi connectivity index (χ2n) is 8.33. The number of cyclic esters (lactones) is 1. The molecule has 1 saturated heterocycles. The van der Waals surface area contributed by atoms with Gasteiger partial charge in [0.1, 0.15) is 0 Å². The van der Waals surface area contributed by atoms with Crippen molar-refractivity contribution in [2.24, 2.45) is 16.8 Å². The van der Waals surface area contributed by atoms with Gasteiger partial charge in [0.2, 0.25) is 5.90 Å². The molecule has 1 saturated carbocycles. The minimum Gasteiger partial charge on any atom is -0.402 e. The predicted molar refractivity (Wildman–Crippen MR) is 112 cm³/mol. The number of esters is 1. The number of carbonyl (C=O) groups excluding carboxylic acids is 1. The van der Waals surface area contributed by atoms with E-state index in [0.29, 0.717) is 30.5 Å². The largest absolute Gasteiger partial charge is 0.418 e. The monoisotopic (exact) mass is 426 g/mol. The van der Waals surface area contributed by atoms with Crippen molar-refractivity contribution in [2.75, 3.05) is 18.0 Å². The van der Waals surface area contributed by atoms with Crippen LogP contribution in [0.4, 0.5) is 18.9 Å². The van der Waals surface area contributed by atoms with Crippen LogP contribution in [0, 0.1) is 11.8 Å². The molecule has 2 aromatic rings. The van der Waals surface area contributed by atoms with Gasteiger partial charge in [0, 0.05) is 24.3 Å². The van der Waals surface area contributed by atoms with Gasteiger partial charge in [0.25, 0.3) is 0 Å². The van der Waals surface area contributed by atoms with E-state index in [0.717, 1.165) is 18.9 Å². The molecule has 2 heterocycles. The number of fused-ring (bicyclic) bond motifs is 1. The molecule has 2 unspecified atom stereocenters. The van der Waals surface area contributed by atoms with Crippen LogP contribution in [0.1, 0.15) is 36.0 Å². The number of halogens is 3. The van der Waals surface area contributed by atoms with Crippen LogP contribution in [0.15, 0.2) is 59.2 Å². The fourth-order valence-corrected chi connectivity index (χ4v) is 4.85. The van der Waals surface area contributed by atoms with Crippen LogP contribution < -0.4 is 4.90 Å². The second-order valence-corrected chi connectivity index (χ2v) is 8.33. The highest BCUT2D eigenvalue weighted by molar-refractivity contribution is 6.12. The first-order valence-electron chi connectivity index (χ1n) is 10.4. The summed E-state index contributed by atoms with van der Waals surface area (Å²) in [5.41, 5.74) is 0.410. The molecule has 0 bridgehead atoms. The minimum atomic E-state index is -4.49. The third-order valence-electron chi connectivity index (χ3n) is 6.34. The van der Waals surface area contributed by atoms with Gasteiger partial charge in [-0.15, -0.1) is 0 Å². The van der Waals surface area contributed by atoms with E-state index in [2.05, 4.69) is 4.99 Å². The molecule has 5 rings (SSSR count). The van der Waals surface area contributed by atoms with E-state index in [1.54, 1.807) is 30.3 Å². The summed E-state index contributed by atoms with van der Waals surface area (Å²) in [4.78, 5) is 18.2. The summed E-state index contributed by atoms with van der Waals surface area (Å²) in [5.74, 6) is 0.445. The summed E-state index contributed by atoms with van der Waals surface area (Å²) in [7, 11) is 0. The standard InChI is InChI=1S/C24H21F3N2O2/c25-24(26,27)19-11-15(9-10-21(19)29-13-17-7-4-8-18(17)14-29)12-20-23(30)31-22(28-20)16-5-2-1-3-6-16/h1-3,5-6,9-12,17-18H,4,7-8,13-14H2. The van der Waals surface area contributed by atoms with Gasteiger partial charge >= 0.3 is 12.1 Å². The fourth-order valence-electron chi connectivity index (χ4n) is 4.85. The van der Waals surface area contributed by atoms with Gasteiger partial charge in [-0.2, -0.15) is 13.2 Å². The topological polar surface area (TPSA) is 41.9 Å². The lowest BCUT2D eigenvalue weighted by Crippen LogP contribution is -2.24. The van der Waals surface area contributed by atoms with E-state index in [-0.39, 0.29) is 22.8 Å². The van der Waals surface area contributed by atoms with E-state index in [1.165, 1.54) is 18.6 Å². The number of rotatable bonds is 3. The van der Waals surface area contributed by atoms with Gasteiger partial charge in [-0.25, -0.2) is 9.79 Å². The van der Waals surface area contributed by atoms with Gasteiger partial charge in [-0.1, -0.05) is 30.7 Å². The van der Waals surface area contributed by atoms with Crippen LogP contribution in [-0.2, 0) is 15.7 Å². The lowest BCUT2D eigenvalue weighted by molar-refractivity contribution is -0.137. The molecule has 2 aliphatic heterocycles. The van der Waals surface area contributed by atoms with Crippen molar-refractivity contribution in [3.63, 3.8) is 0 Å². The van der Waals surface area contributed by atoms with Gasteiger partial charge < -0.3 is 9.64 Å². The third kappa shape index (κ3) is 3.84. The van der Waals surface area contributed by atoms with Crippen molar-refractivity contribution in [3.05, 3.63) is 70.9 Å². The van der Waals surface area contributed by atoms with E-state index in [9.17, 15) is 18.0 Å². The Bertz CT molecular complexity index is 1060. The number of aliphatic imine (C=N–C) groups is 1. The van der Waals surface area contributed by atoms with Crippen molar-refractivity contribution in [2.45, 2.75) is 25.4 Å². The van der Waals surface area contributed by atoms with Crippen molar-refractivity contribution >= 4 is 23.6 Å².